The van der Waals surface area contributed by atoms with Crippen LogP contribution in [0, 0.1) is 6.92 Å². The number of benzene rings is 2. The van der Waals surface area contributed by atoms with Gasteiger partial charge in [0, 0.05) is 5.56 Å². The summed E-state index contributed by atoms with van der Waals surface area (Å²) in [6.45, 7) is 3.29. The summed E-state index contributed by atoms with van der Waals surface area (Å²) in [6, 6.07) is 13.7. The first kappa shape index (κ1) is 19.9. The molecule has 2 rings (SSSR count). The van der Waals surface area contributed by atoms with Crippen LogP contribution in [0.1, 0.15) is 34.0 Å². The number of amides is 1. The Kier molecular flexibility index (Phi) is 6.46. The largest absolute Gasteiger partial charge is 0.457 e. The summed E-state index contributed by atoms with van der Waals surface area (Å²) in [7, 11) is 0. The van der Waals surface area contributed by atoms with Gasteiger partial charge >= 0.3 is 11.9 Å². The van der Waals surface area contributed by atoms with Gasteiger partial charge < -0.3 is 15.3 Å². The van der Waals surface area contributed by atoms with E-state index < -0.39 is 17.8 Å². The Morgan fingerprint density at radius 3 is 2.22 bits per heavy atom. The van der Waals surface area contributed by atoms with Crippen LogP contribution in [0.3, 0.4) is 0 Å². The van der Waals surface area contributed by atoms with E-state index in [2.05, 4.69) is 4.84 Å². The highest BCUT2D eigenvalue weighted by molar-refractivity contribution is 6.19. The molecule has 0 saturated carbocycles. The molecule has 0 fully saturated rings. The van der Waals surface area contributed by atoms with Gasteiger partial charge in [0.25, 0.3) is 0 Å². The van der Waals surface area contributed by atoms with Gasteiger partial charge in [-0.05, 0) is 48.2 Å². The van der Waals surface area contributed by atoms with Gasteiger partial charge in [-0.2, -0.15) is 5.90 Å². The maximum atomic E-state index is 12.5. The van der Waals surface area contributed by atoms with Crippen molar-refractivity contribution < 1.29 is 24.0 Å². The Labute approximate surface area is 156 Å². The van der Waals surface area contributed by atoms with E-state index in [1.54, 1.807) is 38.1 Å². The molecule has 0 aliphatic heterocycles. The molecule has 0 aromatic heterocycles. The number of rotatable bonds is 6. The molecule has 7 nitrogen and oxygen atoms in total. The van der Waals surface area contributed by atoms with E-state index in [1.807, 2.05) is 18.2 Å². The molecule has 1 amide bonds. The van der Waals surface area contributed by atoms with Crippen molar-refractivity contribution in [2.24, 2.45) is 11.6 Å². The average Bonchev–Trinajstić information content (AvgIpc) is 2.66. The van der Waals surface area contributed by atoms with Crippen molar-refractivity contribution >= 4 is 23.4 Å². The van der Waals surface area contributed by atoms with E-state index in [0.29, 0.717) is 22.3 Å². The molecule has 0 radical (unpaired) electrons. The van der Waals surface area contributed by atoms with Crippen LogP contribution in [0.5, 0.6) is 0 Å². The minimum absolute atomic E-state index is 0.00605. The van der Waals surface area contributed by atoms with Crippen LogP contribution < -0.4 is 11.6 Å². The fraction of sp³-hybridized carbons (Fsp3) is 0.150. The van der Waals surface area contributed by atoms with Crippen molar-refractivity contribution in [2.75, 3.05) is 0 Å². The normalized spacial score (nSPS) is 11.4. The van der Waals surface area contributed by atoms with E-state index >= 15 is 0 Å². The summed E-state index contributed by atoms with van der Waals surface area (Å²) < 4.78 is 5.23. The van der Waals surface area contributed by atoms with Gasteiger partial charge in [0.15, 0.2) is 0 Å². The summed E-state index contributed by atoms with van der Waals surface area (Å²) in [5, 5.41) is 0. The number of carbonyl (C=O) groups excluding carboxylic acids is 3. The van der Waals surface area contributed by atoms with Crippen molar-refractivity contribution in [3.63, 3.8) is 0 Å². The van der Waals surface area contributed by atoms with Gasteiger partial charge in [0.2, 0.25) is 5.91 Å². The zero-order valence-corrected chi connectivity index (χ0v) is 15.0. The maximum Gasteiger partial charge on any atom is 0.364 e. The second kappa shape index (κ2) is 8.77. The summed E-state index contributed by atoms with van der Waals surface area (Å²) in [6.07, 6.45) is 0. The van der Waals surface area contributed by atoms with E-state index in [-0.39, 0.29) is 12.2 Å². The first-order chi connectivity index (χ1) is 12.8. The average molecular weight is 368 g/mol. The Balaban J connectivity index is 2.37. The van der Waals surface area contributed by atoms with Crippen molar-refractivity contribution in [3.8, 4) is 0 Å². The molecule has 2 aromatic rings. The number of aryl methyl sites for hydroxylation is 1. The molecule has 7 heteroatoms. The predicted molar refractivity (Wildman–Crippen MR) is 98.8 cm³/mol. The molecule has 27 heavy (non-hydrogen) atoms. The highest BCUT2D eigenvalue weighted by Crippen LogP contribution is 2.24. The molecule has 0 atom stereocenters. The Morgan fingerprint density at radius 2 is 1.67 bits per heavy atom. The van der Waals surface area contributed by atoms with Crippen LogP contribution in [0.15, 0.2) is 54.1 Å². The fourth-order valence-corrected chi connectivity index (χ4v) is 2.62. The summed E-state index contributed by atoms with van der Waals surface area (Å²) in [5.41, 5.74) is 7.58. The number of hydrogen-bond donors (Lipinski definition) is 2. The van der Waals surface area contributed by atoms with Crippen LogP contribution in [-0.2, 0) is 25.8 Å². The summed E-state index contributed by atoms with van der Waals surface area (Å²) >= 11 is 0. The molecule has 0 heterocycles. The zero-order valence-electron chi connectivity index (χ0n) is 15.0. The number of carbonyl (C=O) groups is 3. The SMILES string of the molecule is C/C(=C(/C(=O)ON)C(=O)OCc1ccccc1)c1ccc(C(N)=O)cc1C. The Morgan fingerprint density at radius 1 is 1.00 bits per heavy atom. The zero-order chi connectivity index (χ0) is 20.0. The first-order valence-electron chi connectivity index (χ1n) is 8.09. The van der Waals surface area contributed by atoms with Gasteiger partial charge in [-0.1, -0.05) is 36.4 Å². The number of hydrogen-bond acceptors (Lipinski definition) is 6. The molecule has 0 spiro atoms. The van der Waals surface area contributed by atoms with E-state index in [0.717, 1.165) is 5.56 Å². The number of ether oxygens (including phenoxy) is 1. The van der Waals surface area contributed by atoms with Crippen molar-refractivity contribution in [1.29, 1.82) is 0 Å². The lowest BCUT2D eigenvalue weighted by atomic mass is 9.95. The van der Waals surface area contributed by atoms with Crippen LogP contribution in [-0.4, -0.2) is 17.8 Å². The van der Waals surface area contributed by atoms with Gasteiger partial charge in [-0.15, -0.1) is 0 Å². The molecule has 2 aromatic carbocycles. The predicted octanol–water partition coefficient (Wildman–Crippen LogP) is 2.03. The third-order valence-electron chi connectivity index (χ3n) is 4.02. The standard InChI is InChI=1S/C20H20N2O5/c1-12-10-15(18(21)23)8-9-16(12)13(2)17(20(25)27-22)19(24)26-11-14-6-4-3-5-7-14/h3-10H,11,22H2,1-2H3,(H2,21,23)/b17-13-. The second-order valence-corrected chi connectivity index (χ2v) is 5.86. The quantitative estimate of drug-likeness (QED) is 0.264. The topological polar surface area (TPSA) is 122 Å². The number of esters is 1. The lowest BCUT2D eigenvalue weighted by Crippen LogP contribution is -2.22. The van der Waals surface area contributed by atoms with Gasteiger partial charge in [0.05, 0.1) is 0 Å². The molecular formula is C20H20N2O5. The summed E-state index contributed by atoms with van der Waals surface area (Å²) in [5.74, 6) is 2.54. The van der Waals surface area contributed by atoms with Gasteiger partial charge in [0.1, 0.15) is 12.2 Å². The van der Waals surface area contributed by atoms with Crippen molar-refractivity contribution in [1.82, 2.24) is 0 Å². The molecule has 0 saturated heterocycles. The minimum Gasteiger partial charge on any atom is -0.457 e. The monoisotopic (exact) mass is 368 g/mol. The van der Waals surface area contributed by atoms with E-state index in [1.165, 1.54) is 6.07 Å². The van der Waals surface area contributed by atoms with Gasteiger partial charge in [-0.25, -0.2) is 9.59 Å². The smallest absolute Gasteiger partial charge is 0.364 e. The van der Waals surface area contributed by atoms with Crippen LogP contribution in [0.25, 0.3) is 5.57 Å². The van der Waals surface area contributed by atoms with E-state index in [9.17, 15) is 14.4 Å². The van der Waals surface area contributed by atoms with E-state index in [4.69, 9.17) is 16.4 Å². The highest BCUT2D eigenvalue weighted by atomic mass is 16.7. The Bertz CT molecular complexity index is 904. The third kappa shape index (κ3) is 4.80. The molecular weight excluding hydrogens is 348 g/mol. The van der Waals surface area contributed by atoms with Crippen LogP contribution in [0.2, 0.25) is 0 Å². The van der Waals surface area contributed by atoms with Crippen LogP contribution in [0.4, 0.5) is 0 Å². The van der Waals surface area contributed by atoms with Crippen molar-refractivity contribution in [3.05, 3.63) is 76.4 Å². The molecule has 0 unspecified atom stereocenters. The first-order valence-corrected chi connectivity index (χ1v) is 8.09. The molecule has 0 bridgehead atoms. The Hall–Kier alpha value is -3.45. The number of allylic oxidation sites excluding steroid dienone is 1. The molecule has 0 aliphatic carbocycles. The second-order valence-electron chi connectivity index (χ2n) is 5.86. The number of nitrogens with two attached hydrogens (primary N) is 2. The molecule has 140 valence electrons. The lowest BCUT2D eigenvalue weighted by molar-refractivity contribution is -0.148. The molecule has 4 N–H and O–H groups in total. The third-order valence-corrected chi connectivity index (χ3v) is 4.02. The summed E-state index contributed by atoms with van der Waals surface area (Å²) in [4.78, 5) is 40.1. The molecule has 0 aliphatic rings. The number of primary amides is 1. The lowest BCUT2D eigenvalue weighted by Gasteiger charge is -2.13. The van der Waals surface area contributed by atoms with Gasteiger partial charge in [-0.3, -0.25) is 4.79 Å². The van der Waals surface area contributed by atoms with Crippen molar-refractivity contribution in [2.45, 2.75) is 20.5 Å². The minimum atomic E-state index is -1.01. The highest BCUT2D eigenvalue weighted by Gasteiger charge is 2.25. The fourth-order valence-electron chi connectivity index (χ4n) is 2.62. The maximum absolute atomic E-state index is 12.5. The van der Waals surface area contributed by atoms with Crippen LogP contribution >= 0.6 is 0 Å².